The van der Waals surface area contributed by atoms with Gasteiger partial charge in [0.25, 0.3) is 0 Å². The fourth-order valence-corrected chi connectivity index (χ4v) is 11.5. The number of allylic oxidation sites excluding steroid dienone is 6. The fraction of sp³-hybridized carbons (Fsp3) is 0.0606. The molecule has 1 aromatic heterocycles. The number of para-hydroxylation sites is 3. The molecule has 3 nitrogen and oxygen atoms in total. The minimum Gasteiger partial charge on any atom is -0.485 e. The molecule has 0 radical (unpaired) electrons. The van der Waals surface area contributed by atoms with E-state index in [1.807, 2.05) is 0 Å². The topological polar surface area (TPSA) is 17.4 Å². The van der Waals surface area contributed by atoms with Crippen LogP contribution in [0.3, 0.4) is 0 Å². The second kappa shape index (κ2) is 16.0. The average Bonchev–Trinajstić information content (AvgIpc) is 3.95. The smallest absolute Gasteiger partial charge is 0.128 e. The van der Waals surface area contributed by atoms with Gasteiger partial charge in [0, 0.05) is 50.5 Å². The lowest BCUT2D eigenvalue weighted by molar-refractivity contribution is 0.268. The largest absolute Gasteiger partial charge is 0.485 e. The van der Waals surface area contributed by atoms with Crippen LogP contribution in [-0.2, 0) is 0 Å². The number of benzene rings is 10. The summed E-state index contributed by atoms with van der Waals surface area (Å²) in [5.41, 5.74) is 15.6. The van der Waals surface area contributed by atoms with E-state index in [1.165, 1.54) is 104 Å². The molecule has 1 aliphatic heterocycles. The predicted octanol–water partition coefficient (Wildman–Crippen LogP) is 17.4. The van der Waals surface area contributed by atoms with E-state index >= 15 is 0 Å². The Hall–Kier alpha value is -8.66. The number of nitrogens with zero attached hydrogens (tertiary/aromatic N) is 2. The van der Waals surface area contributed by atoms with Crippen molar-refractivity contribution in [1.29, 1.82) is 0 Å². The Kier molecular flexibility index (Phi) is 9.16. The molecule has 2 atom stereocenters. The number of ether oxygens (including phenoxy) is 1. The van der Waals surface area contributed by atoms with Crippen LogP contribution in [0.2, 0.25) is 0 Å². The van der Waals surface area contributed by atoms with Gasteiger partial charge in [-0.15, -0.1) is 0 Å². The molecule has 0 bridgehead atoms. The molecular formula is C66H46N2O. The maximum absolute atomic E-state index is 6.61. The summed E-state index contributed by atoms with van der Waals surface area (Å²) in [5.74, 6) is 1.12. The van der Waals surface area contributed by atoms with Crippen LogP contribution < -0.4 is 9.64 Å². The van der Waals surface area contributed by atoms with Crippen molar-refractivity contribution in [1.82, 2.24) is 4.57 Å². The Morgan fingerprint density at radius 1 is 0.478 bits per heavy atom. The van der Waals surface area contributed by atoms with Crippen LogP contribution in [0.5, 0.6) is 5.75 Å². The van der Waals surface area contributed by atoms with E-state index in [0.29, 0.717) is 0 Å². The van der Waals surface area contributed by atoms with Crippen molar-refractivity contribution in [2.24, 2.45) is 0 Å². The summed E-state index contributed by atoms with van der Waals surface area (Å²) in [6, 6.07) is 77.9. The highest BCUT2D eigenvalue weighted by molar-refractivity contribution is 6.12. The van der Waals surface area contributed by atoms with E-state index < -0.39 is 0 Å². The van der Waals surface area contributed by atoms with Gasteiger partial charge in [-0.25, -0.2) is 0 Å². The first-order valence-electron chi connectivity index (χ1n) is 24.2. The lowest BCUT2D eigenvalue weighted by Crippen LogP contribution is -2.22. The fourth-order valence-electron chi connectivity index (χ4n) is 11.5. The molecule has 2 aliphatic carbocycles. The van der Waals surface area contributed by atoms with E-state index in [9.17, 15) is 0 Å². The quantitative estimate of drug-likeness (QED) is 0.148. The minimum absolute atomic E-state index is 0.0224. The van der Waals surface area contributed by atoms with Crippen molar-refractivity contribution in [2.45, 2.75) is 24.9 Å². The molecule has 0 fully saturated rings. The predicted molar refractivity (Wildman–Crippen MR) is 289 cm³/mol. The van der Waals surface area contributed by atoms with Gasteiger partial charge in [0.1, 0.15) is 11.9 Å². The normalized spacial score (nSPS) is 16.3. The number of rotatable bonds is 7. The molecule has 3 heteroatoms. The lowest BCUT2D eigenvalue weighted by Gasteiger charge is -2.32. The van der Waals surface area contributed by atoms with Crippen LogP contribution in [0.4, 0.5) is 11.4 Å². The zero-order valence-corrected chi connectivity index (χ0v) is 38.0. The van der Waals surface area contributed by atoms with E-state index in [4.69, 9.17) is 4.74 Å². The molecule has 14 rings (SSSR count). The van der Waals surface area contributed by atoms with Crippen molar-refractivity contribution in [2.75, 3.05) is 4.90 Å². The summed E-state index contributed by atoms with van der Waals surface area (Å²) in [6.07, 6.45) is 13.5. The molecule has 0 amide bonds. The molecule has 326 valence electrons. The number of hydrogen-bond donors (Lipinski definition) is 0. The zero-order chi connectivity index (χ0) is 45.4. The Morgan fingerprint density at radius 2 is 1.09 bits per heavy atom. The van der Waals surface area contributed by atoms with E-state index in [1.54, 1.807) is 0 Å². The van der Waals surface area contributed by atoms with E-state index in [0.717, 1.165) is 30.0 Å². The van der Waals surface area contributed by atoms with Crippen molar-refractivity contribution >= 4 is 65.5 Å². The monoisotopic (exact) mass is 882 g/mol. The molecule has 69 heavy (non-hydrogen) atoms. The van der Waals surface area contributed by atoms with Gasteiger partial charge in [-0.2, -0.15) is 0 Å². The van der Waals surface area contributed by atoms with E-state index in [2.05, 4.69) is 252 Å². The van der Waals surface area contributed by atoms with Gasteiger partial charge in [-0.3, -0.25) is 0 Å². The maximum Gasteiger partial charge on any atom is 0.128 e. The highest BCUT2D eigenvalue weighted by atomic mass is 16.5. The molecule has 0 saturated carbocycles. The van der Waals surface area contributed by atoms with Gasteiger partial charge in [0.15, 0.2) is 0 Å². The van der Waals surface area contributed by atoms with Crippen LogP contribution in [0.25, 0.3) is 82.1 Å². The van der Waals surface area contributed by atoms with Crippen LogP contribution in [0.15, 0.2) is 260 Å². The van der Waals surface area contributed by atoms with Crippen LogP contribution in [0, 0.1) is 0 Å². The molecule has 10 aromatic carbocycles. The molecule has 11 aromatic rings. The molecule has 3 aliphatic rings. The number of aromatic nitrogens is 1. The average molecular weight is 883 g/mol. The third-order valence-corrected chi connectivity index (χ3v) is 14.8. The summed E-state index contributed by atoms with van der Waals surface area (Å²) in [6.45, 7) is 0. The number of fused-ring (bicyclic) bond motifs is 10. The maximum atomic E-state index is 6.61. The SMILES string of the molecule is C1=CC(C2=CC3c4cc5ccccc5cc4OC3C=C2)=C(N(c2ccc(-c3ccccc3-n3c4ccccc4c4ccccc43)cc2)c2ccc(-c3cccc4c3ccc3ccccc34)cc2)CC1. The van der Waals surface area contributed by atoms with Crippen LogP contribution >= 0.6 is 0 Å². The van der Waals surface area contributed by atoms with Gasteiger partial charge >= 0.3 is 0 Å². The molecule has 2 unspecified atom stereocenters. The molecule has 0 saturated heterocycles. The number of hydrogen-bond acceptors (Lipinski definition) is 2. The third-order valence-electron chi connectivity index (χ3n) is 14.8. The van der Waals surface area contributed by atoms with Crippen LogP contribution in [-0.4, -0.2) is 10.7 Å². The van der Waals surface area contributed by atoms with Crippen molar-refractivity contribution in [3.63, 3.8) is 0 Å². The Bertz CT molecular complexity index is 3940. The first-order valence-corrected chi connectivity index (χ1v) is 24.2. The standard InChI is InChI=1S/C66H46N2O/c1-2-16-47-42-66-60(40-46(47)15-1)59-41-48(33-39-65(59)69-66)54-19-6-9-24-61(54)67(49-34-28-44(29-35-49)52-22-13-23-55-51-17-4-3-14-43(51)32-38-56(52)55)50-36-30-45(31-37-50)53-18-5-10-25-62(53)68-63-26-11-7-20-57(63)58-21-8-12-27-64(58)68/h1-8,10-23,25-42,59,65H,9,24H2. The molecular weight excluding hydrogens is 837 g/mol. The van der Waals surface area contributed by atoms with Crippen molar-refractivity contribution in [3.05, 3.63) is 265 Å². The lowest BCUT2D eigenvalue weighted by atomic mass is 9.84. The van der Waals surface area contributed by atoms with Crippen molar-refractivity contribution in [3.8, 4) is 33.7 Å². The highest BCUT2D eigenvalue weighted by Gasteiger charge is 2.35. The van der Waals surface area contributed by atoms with Gasteiger partial charge < -0.3 is 14.2 Å². The van der Waals surface area contributed by atoms with E-state index in [-0.39, 0.29) is 12.0 Å². The summed E-state index contributed by atoms with van der Waals surface area (Å²) in [4.78, 5) is 2.51. The zero-order valence-electron chi connectivity index (χ0n) is 38.0. The van der Waals surface area contributed by atoms with Gasteiger partial charge in [-0.05, 0) is 128 Å². The summed E-state index contributed by atoms with van der Waals surface area (Å²) < 4.78 is 9.04. The Morgan fingerprint density at radius 3 is 1.84 bits per heavy atom. The minimum atomic E-state index is -0.0224. The summed E-state index contributed by atoms with van der Waals surface area (Å²) in [5, 5.41) is 10.1. The van der Waals surface area contributed by atoms with Gasteiger partial charge in [-0.1, -0.05) is 182 Å². The Labute approximate surface area is 401 Å². The Balaban J connectivity index is 0.900. The number of anilines is 2. The third kappa shape index (κ3) is 6.49. The first-order chi connectivity index (χ1) is 34.2. The molecule has 2 heterocycles. The van der Waals surface area contributed by atoms with Gasteiger partial charge in [0.2, 0.25) is 0 Å². The molecule has 0 spiro atoms. The van der Waals surface area contributed by atoms with Gasteiger partial charge in [0.05, 0.1) is 16.7 Å². The first kappa shape index (κ1) is 39.5. The molecule has 0 N–H and O–H groups in total. The second-order valence-electron chi connectivity index (χ2n) is 18.6. The second-order valence-corrected chi connectivity index (χ2v) is 18.6. The summed E-state index contributed by atoms with van der Waals surface area (Å²) >= 11 is 0. The van der Waals surface area contributed by atoms with Crippen molar-refractivity contribution < 1.29 is 4.74 Å². The van der Waals surface area contributed by atoms with Crippen LogP contribution in [0.1, 0.15) is 24.3 Å². The highest BCUT2D eigenvalue weighted by Crippen LogP contribution is 2.47. The summed E-state index contributed by atoms with van der Waals surface area (Å²) in [7, 11) is 0.